The van der Waals surface area contributed by atoms with Gasteiger partial charge in [-0.15, -0.1) is 0 Å². The van der Waals surface area contributed by atoms with Crippen LogP contribution >= 0.6 is 0 Å². The van der Waals surface area contributed by atoms with Crippen molar-refractivity contribution in [3.8, 4) is 11.5 Å². The van der Waals surface area contributed by atoms with Crippen molar-refractivity contribution in [3.05, 3.63) is 53.7 Å². The van der Waals surface area contributed by atoms with Gasteiger partial charge in [-0.1, -0.05) is 26.8 Å². The van der Waals surface area contributed by atoms with Crippen LogP contribution in [0, 0.1) is 0 Å². The molecule has 5 heteroatoms. The van der Waals surface area contributed by atoms with Crippen LogP contribution in [0.1, 0.15) is 49.0 Å². The number of hydrogen-bond acceptors (Lipinski definition) is 3. The minimum absolute atomic E-state index is 0.00585. The molecule has 0 spiro atoms. The molecule has 0 aliphatic carbocycles. The normalized spacial score (nSPS) is 11.3. The lowest BCUT2D eigenvalue weighted by Crippen LogP contribution is -2.31. The van der Waals surface area contributed by atoms with Gasteiger partial charge in [0.25, 0.3) is 5.91 Å². The highest BCUT2D eigenvalue weighted by atomic mass is 16.3. The second kappa shape index (κ2) is 7.35. The van der Waals surface area contributed by atoms with E-state index in [-0.39, 0.29) is 28.9 Å². The van der Waals surface area contributed by atoms with E-state index < -0.39 is 0 Å². The largest absolute Gasteiger partial charge is 0.508 e. The number of carbonyl (C=O) groups excluding carboxylic acids is 1. The Morgan fingerprint density at radius 2 is 1.85 bits per heavy atom. The van der Waals surface area contributed by atoms with Crippen LogP contribution in [0.3, 0.4) is 0 Å². The van der Waals surface area contributed by atoms with Gasteiger partial charge in [-0.2, -0.15) is 0 Å². The second-order valence-electron chi connectivity index (χ2n) is 7.21. The van der Waals surface area contributed by atoms with Crippen molar-refractivity contribution < 1.29 is 15.0 Å². The Hall–Kier alpha value is -2.95. The number of phenolic OH excluding ortho intramolecular Hbond substituents is 2. The third-order valence-corrected chi connectivity index (χ3v) is 4.87. The molecule has 27 heavy (non-hydrogen) atoms. The van der Waals surface area contributed by atoms with Gasteiger partial charge >= 0.3 is 0 Å². The molecule has 0 aliphatic heterocycles. The van der Waals surface area contributed by atoms with Gasteiger partial charge in [0.15, 0.2) is 0 Å². The Kier molecular flexibility index (Phi) is 5.13. The van der Waals surface area contributed by atoms with E-state index in [4.69, 9.17) is 0 Å². The average Bonchev–Trinajstić information content (AvgIpc) is 2.99. The molecule has 0 saturated heterocycles. The molecule has 0 bridgehead atoms. The Morgan fingerprint density at radius 3 is 2.52 bits per heavy atom. The summed E-state index contributed by atoms with van der Waals surface area (Å²) in [6, 6.07) is 10.8. The van der Waals surface area contributed by atoms with Crippen LogP contribution in [0.5, 0.6) is 11.5 Å². The standard InChI is InChI=1S/C22H26N2O3/c1-5-9-24(16-7-6-15-8-10-23(4)19(15)11-16)22(27)18-12-17(14(2)3)20(25)13-21(18)26/h6-8,10-14,25-26H,5,9H2,1-4H3. The third-order valence-electron chi connectivity index (χ3n) is 4.87. The number of phenols is 2. The van der Waals surface area contributed by atoms with Crippen molar-refractivity contribution in [2.24, 2.45) is 7.05 Å². The van der Waals surface area contributed by atoms with Gasteiger partial charge in [0, 0.05) is 37.1 Å². The van der Waals surface area contributed by atoms with Gasteiger partial charge in [0.1, 0.15) is 11.5 Å². The fourth-order valence-corrected chi connectivity index (χ4v) is 3.36. The highest BCUT2D eigenvalue weighted by molar-refractivity contribution is 6.08. The predicted molar refractivity (Wildman–Crippen MR) is 109 cm³/mol. The van der Waals surface area contributed by atoms with Crippen LogP contribution < -0.4 is 4.90 Å². The van der Waals surface area contributed by atoms with Crippen LogP contribution in [0.2, 0.25) is 0 Å². The number of hydrogen-bond donors (Lipinski definition) is 2. The Balaban J connectivity index is 2.07. The van der Waals surface area contributed by atoms with E-state index in [2.05, 4.69) is 0 Å². The molecule has 5 nitrogen and oxygen atoms in total. The summed E-state index contributed by atoms with van der Waals surface area (Å²) in [5, 5.41) is 21.5. The second-order valence-corrected chi connectivity index (χ2v) is 7.21. The maximum absolute atomic E-state index is 13.3. The lowest BCUT2D eigenvalue weighted by Gasteiger charge is -2.24. The van der Waals surface area contributed by atoms with Crippen LogP contribution in [-0.2, 0) is 7.05 Å². The maximum Gasteiger partial charge on any atom is 0.262 e. The molecule has 0 unspecified atom stereocenters. The van der Waals surface area contributed by atoms with Gasteiger partial charge < -0.3 is 19.7 Å². The number of aromatic hydroxyl groups is 2. The maximum atomic E-state index is 13.3. The zero-order valence-electron chi connectivity index (χ0n) is 16.2. The number of fused-ring (bicyclic) bond motifs is 1. The van der Waals surface area contributed by atoms with Gasteiger partial charge in [-0.05, 0) is 47.6 Å². The molecule has 142 valence electrons. The highest BCUT2D eigenvalue weighted by Crippen LogP contribution is 2.34. The molecule has 0 fully saturated rings. The Labute approximate surface area is 159 Å². The SMILES string of the molecule is CCCN(C(=O)c1cc(C(C)C)c(O)cc1O)c1ccc2ccn(C)c2c1. The number of anilines is 1. The van der Waals surface area contributed by atoms with Crippen molar-refractivity contribution in [1.29, 1.82) is 0 Å². The van der Waals surface area contributed by atoms with E-state index in [1.807, 2.05) is 62.8 Å². The summed E-state index contributed by atoms with van der Waals surface area (Å²) in [5.41, 5.74) is 2.68. The average molecular weight is 366 g/mol. The van der Waals surface area contributed by atoms with E-state index in [0.717, 1.165) is 23.0 Å². The molecule has 2 aromatic carbocycles. The number of nitrogens with zero attached hydrogens (tertiary/aromatic N) is 2. The summed E-state index contributed by atoms with van der Waals surface area (Å²) in [4.78, 5) is 15.0. The smallest absolute Gasteiger partial charge is 0.262 e. The molecule has 2 N–H and O–H groups in total. The number of benzene rings is 2. The molecule has 3 rings (SSSR count). The van der Waals surface area contributed by atoms with Crippen LogP contribution in [-0.4, -0.2) is 27.2 Å². The molecule has 0 aliphatic rings. The topological polar surface area (TPSA) is 65.7 Å². The summed E-state index contributed by atoms with van der Waals surface area (Å²) in [6.45, 7) is 6.42. The summed E-state index contributed by atoms with van der Waals surface area (Å²) >= 11 is 0. The minimum atomic E-state index is -0.273. The van der Waals surface area contributed by atoms with E-state index in [9.17, 15) is 15.0 Å². The first kappa shape index (κ1) is 18.8. The molecule has 0 radical (unpaired) electrons. The zero-order valence-corrected chi connectivity index (χ0v) is 16.2. The van der Waals surface area contributed by atoms with Crippen molar-refractivity contribution >= 4 is 22.5 Å². The summed E-state index contributed by atoms with van der Waals surface area (Å²) in [6.07, 6.45) is 2.77. The van der Waals surface area contributed by atoms with E-state index in [1.54, 1.807) is 11.0 Å². The lowest BCUT2D eigenvalue weighted by atomic mass is 9.98. The minimum Gasteiger partial charge on any atom is -0.508 e. The van der Waals surface area contributed by atoms with Gasteiger partial charge in [0.2, 0.25) is 0 Å². The number of aryl methyl sites for hydroxylation is 1. The number of rotatable bonds is 5. The van der Waals surface area contributed by atoms with Gasteiger partial charge in [0.05, 0.1) is 5.56 Å². The van der Waals surface area contributed by atoms with E-state index >= 15 is 0 Å². The fourth-order valence-electron chi connectivity index (χ4n) is 3.36. The molecular weight excluding hydrogens is 340 g/mol. The van der Waals surface area contributed by atoms with Crippen molar-refractivity contribution in [3.63, 3.8) is 0 Å². The first-order valence-corrected chi connectivity index (χ1v) is 9.26. The lowest BCUT2D eigenvalue weighted by molar-refractivity contribution is 0.0984. The fraction of sp³-hybridized carbons (Fsp3) is 0.318. The van der Waals surface area contributed by atoms with Crippen molar-refractivity contribution in [1.82, 2.24) is 4.57 Å². The highest BCUT2D eigenvalue weighted by Gasteiger charge is 2.23. The molecule has 3 aromatic rings. The number of carbonyl (C=O) groups is 1. The Morgan fingerprint density at radius 1 is 1.11 bits per heavy atom. The zero-order chi connectivity index (χ0) is 19.7. The molecule has 0 atom stereocenters. The van der Waals surface area contributed by atoms with Crippen LogP contribution in [0.15, 0.2) is 42.6 Å². The number of aromatic nitrogens is 1. The summed E-state index contributed by atoms with van der Waals surface area (Å²) in [5.74, 6) is -0.435. The first-order valence-electron chi connectivity index (χ1n) is 9.26. The van der Waals surface area contributed by atoms with E-state index in [0.29, 0.717) is 12.1 Å². The van der Waals surface area contributed by atoms with Crippen molar-refractivity contribution in [2.45, 2.75) is 33.1 Å². The van der Waals surface area contributed by atoms with Crippen LogP contribution in [0.25, 0.3) is 10.9 Å². The van der Waals surface area contributed by atoms with Crippen LogP contribution in [0.4, 0.5) is 5.69 Å². The number of amides is 1. The molecule has 1 heterocycles. The van der Waals surface area contributed by atoms with Gasteiger partial charge in [-0.3, -0.25) is 4.79 Å². The predicted octanol–water partition coefficient (Wildman–Crippen LogP) is 4.77. The molecule has 1 amide bonds. The summed E-state index contributed by atoms with van der Waals surface area (Å²) < 4.78 is 2.02. The molecule has 0 saturated carbocycles. The summed E-state index contributed by atoms with van der Waals surface area (Å²) in [7, 11) is 1.97. The molecular formula is C22H26N2O3. The third kappa shape index (κ3) is 3.50. The monoisotopic (exact) mass is 366 g/mol. The quantitative estimate of drug-likeness (QED) is 0.683. The Bertz CT molecular complexity index is 989. The van der Waals surface area contributed by atoms with E-state index in [1.165, 1.54) is 6.07 Å². The van der Waals surface area contributed by atoms with Crippen molar-refractivity contribution in [2.75, 3.05) is 11.4 Å². The van der Waals surface area contributed by atoms with Gasteiger partial charge in [-0.25, -0.2) is 0 Å². The molecule has 1 aromatic heterocycles. The first-order chi connectivity index (χ1) is 12.8.